The molecule has 0 bridgehead atoms. The molecule has 1 aliphatic rings. The van der Waals surface area contributed by atoms with E-state index in [1.165, 1.54) is 11.8 Å². The summed E-state index contributed by atoms with van der Waals surface area (Å²) in [6, 6.07) is 0. The summed E-state index contributed by atoms with van der Waals surface area (Å²) in [6.07, 6.45) is 3.01. The third kappa shape index (κ3) is 2.01. The predicted molar refractivity (Wildman–Crippen MR) is 44.6 cm³/mol. The Bertz CT molecular complexity index is 203. The monoisotopic (exact) mass is 171 g/mol. The lowest BCUT2D eigenvalue weighted by molar-refractivity contribution is -0.142. The molecule has 0 saturated heterocycles. The first kappa shape index (κ1) is 8.20. The third-order valence-corrected chi connectivity index (χ3v) is 2.15. The summed E-state index contributed by atoms with van der Waals surface area (Å²) in [5, 5.41) is 1.88. The molecule has 0 saturated carbocycles. The van der Waals surface area contributed by atoms with Crippen molar-refractivity contribution in [2.24, 2.45) is 0 Å². The van der Waals surface area contributed by atoms with Gasteiger partial charge in [-0.3, -0.25) is 0 Å². The number of ether oxygens (including phenoxy) is 1. The molecule has 1 aliphatic heterocycles. The predicted octanol–water partition coefficient (Wildman–Crippen LogP) is 1.15. The quantitative estimate of drug-likeness (QED) is 0.460. The van der Waals surface area contributed by atoms with Crippen LogP contribution in [0.5, 0.6) is 0 Å². The van der Waals surface area contributed by atoms with Crippen molar-refractivity contribution < 1.29 is 9.53 Å². The minimum atomic E-state index is -0.391. The van der Waals surface area contributed by atoms with Crippen LogP contribution >= 0.6 is 11.8 Å². The van der Waals surface area contributed by atoms with Gasteiger partial charge in [0.15, 0.2) is 0 Å². The minimum Gasteiger partial charge on any atom is -0.428 e. The van der Waals surface area contributed by atoms with Gasteiger partial charge in [-0.1, -0.05) is 18.3 Å². The Hall–Kier alpha value is -0.900. The van der Waals surface area contributed by atoms with Crippen molar-refractivity contribution in [3.63, 3.8) is 0 Å². The number of nitrogens with zero attached hydrogens (tertiary/aromatic N) is 1. The first-order valence-corrected chi connectivity index (χ1v) is 4.05. The van der Waals surface area contributed by atoms with Gasteiger partial charge in [-0.25, -0.2) is 4.79 Å². The van der Waals surface area contributed by atoms with Crippen molar-refractivity contribution in [1.29, 1.82) is 0 Å². The molecule has 0 amide bonds. The topological polar surface area (TPSA) is 29.5 Å². The van der Waals surface area contributed by atoms with Crippen molar-refractivity contribution in [3.05, 3.63) is 24.3 Å². The SMILES string of the molecule is C=CC(=O)OC1SC=CN1C. The average Bonchev–Trinajstić information content (AvgIpc) is 2.37. The van der Waals surface area contributed by atoms with Crippen LogP contribution < -0.4 is 0 Å². The van der Waals surface area contributed by atoms with Gasteiger partial charge in [0.05, 0.1) is 0 Å². The number of carbonyl (C=O) groups excluding carboxylic acids is 1. The fourth-order valence-electron chi connectivity index (χ4n) is 0.623. The first-order chi connectivity index (χ1) is 5.24. The largest absolute Gasteiger partial charge is 0.428 e. The second kappa shape index (κ2) is 3.48. The molecule has 0 aromatic carbocycles. The van der Waals surface area contributed by atoms with Crippen LogP contribution in [0.1, 0.15) is 0 Å². The summed E-state index contributed by atoms with van der Waals surface area (Å²) >= 11 is 1.45. The highest BCUT2D eigenvalue weighted by Crippen LogP contribution is 2.23. The van der Waals surface area contributed by atoms with Gasteiger partial charge in [0.25, 0.3) is 0 Å². The Labute approximate surface area is 69.7 Å². The molecule has 11 heavy (non-hydrogen) atoms. The van der Waals surface area contributed by atoms with Crippen molar-refractivity contribution in [2.75, 3.05) is 7.05 Å². The number of thioether (sulfide) groups is 1. The highest BCUT2D eigenvalue weighted by molar-refractivity contribution is 8.02. The summed E-state index contributed by atoms with van der Waals surface area (Å²) in [6.45, 7) is 3.30. The van der Waals surface area contributed by atoms with Gasteiger partial charge in [-0.2, -0.15) is 0 Å². The summed E-state index contributed by atoms with van der Waals surface area (Å²) in [5.41, 5.74) is -0.222. The van der Waals surface area contributed by atoms with Gasteiger partial charge in [-0.05, 0) is 5.41 Å². The van der Waals surface area contributed by atoms with E-state index in [2.05, 4.69) is 6.58 Å². The number of rotatable bonds is 2. The van der Waals surface area contributed by atoms with E-state index in [1.54, 1.807) is 0 Å². The molecular weight excluding hydrogens is 162 g/mol. The van der Waals surface area contributed by atoms with E-state index in [0.29, 0.717) is 0 Å². The van der Waals surface area contributed by atoms with Gasteiger partial charge in [0.2, 0.25) is 5.56 Å². The van der Waals surface area contributed by atoms with Crippen LogP contribution in [-0.2, 0) is 9.53 Å². The Morgan fingerprint density at radius 3 is 3.09 bits per heavy atom. The van der Waals surface area contributed by atoms with Crippen LogP contribution in [-0.4, -0.2) is 23.5 Å². The number of esters is 1. The fourth-order valence-corrected chi connectivity index (χ4v) is 1.43. The van der Waals surface area contributed by atoms with Crippen LogP contribution in [0.4, 0.5) is 0 Å². The molecule has 0 aromatic heterocycles. The van der Waals surface area contributed by atoms with E-state index in [-0.39, 0.29) is 5.56 Å². The first-order valence-electron chi connectivity index (χ1n) is 3.11. The molecule has 1 heterocycles. The maximum atomic E-state index is 10.7. The number of hydrogen-bond acceptors (Lipinski definition) is 4. The molecule has 0 fully saturated rings. The normalized spacial score (nSPS) is 21.9. The highest BCUT2D eigenvalue weighted by Gasteiger charge is 2.18. The smallest absolute Gasteiger partial charge is 0.332 e. The Kier molecular flexibility index (Phi) is 2.59. The van der Waals surface area contributed by atoms with Gasteiger partial charge < -0.3 is 9.64 Å². The van der Waals surface area contributed by atoms with Crippen molar-refractivity contribution in [3.8, 4) is 0 Å². The van der Waals surface area contributed by atoms with E-state index < -0.39 is 5.97 Å². The van der Waals surface area contributed by atoms with E-state index in [1.807, 2.05) is 23.6 Å². The van der Waals surface area contributed by atoms with Crippen molar-refractivity contribution >= 4 is 17.7 Å². The molecule has 0 radical (unpaired) electrons. The highest BCUT2D eigenvalue weighted by atomic mass is 32.2. The molecule has 60 valence electrons. The summed E-state index contributed by atoms with van der Waals surface area (Å²) in [5.74, 6) is -0.391. The van der Waals surface area contributed by atoms with Crippen LogP contribution in [0.3, 0.4) is 0 Å². The van der Waals surface area contributed by atoms with E-state index in [4.69, 9.17) is 4.74 Å². The summed E-state index contributed by atoms with van der Waals surface area (Å²) in [7, 11) is 1.84. The molecule has 0 aromatic rings. The number of carbonyl (C=O) groups is 1. The lowest BCUT2D eigenvalue weighted by Crippen LogP contribution is -2.25. The second-order valence-corrected chi connectivity index (χ2v) is 2.98. The molecule has 0 spiro atoms. The summed E-state index contributed by atoms with van der Waals surface area (Å²) in [4.78, 5) is 12.5. The fraction of sp³-hybridized carbons (Fsp3) is 0.286. The van der Waals surface area contributed by atoms with Gasteiger partial charge in [-0.15, -0.1) is 0 Å². The molecule has 0 aliphatic carbocycles. The van der Waals surface area contributed by atoms with Gasteiger partial charge >= 0.3 is 5.97 Å². The zero-order chi connectivity index (χ0) is 8.27. The number of hydrogen-bond donors (Lipinski definition) is 0. The zero-order valence-corrected chi connectivity index (χ0v) is 7.00. The molecule has 4 heteroatoms. The average molecular weight is 171 g/mol. The minimum absolute atomic E-state index is 0.222. The van der Waals surface area contributed by atoms with Crippen LogP contribution in [0.2, 0.25) is 0 Å². The second-order valence-electron chi connectivity index (χ2n) is 2.03. The van der Waals surface area contributed by atoms with Crippen LogP contribution in [0.25, 0.3) is 0 Å². The van der Waals surface area contributed by atoms with E-state index in [0.717, 1.165) is 6.08 Å². The van der Waals surface area contributed by atoms with Crippen molar-refractivity contribution in [2.45, 2.75) is 5.56 Å². The standard InChI is InChI=1S/C7H9NO2S/c1-3-6(9)10-7-8(2)4-5-11-7/h3-5,7H,1H2,2H3. The molecule has 0 N–H and O–H groups in total. The van der Waals surface area contributed by atoms with Gasteiger partial charge in [0, 0.05) is 19.3 Å². The van der Waals surface area contributed by atoms with Crippen LogP contribution in [0, 0.1) is 0 Å². The van der Waals surface area contributed by atoms with Gasteiger partial charge in [0.1, 0.15) is 0 Å². The maximum Gasteiger partial charge on any atom is 0.332 e. The Morgan fingerprint density at radius 2 is 2.64 bits per heavy atom. The lowest BCUT2D eigenvalue weighted by atomic mass is 10.7. The van der Waals surface area contributed by atoms with Crippen molar-refractivity contribution in [1.82, 2.24) is 4.90 Å². The molecule has 1 atom stereocenters. The molecule has 3 nitrogen and oxygen atoms in total. The Balaban J connectivity index is 2.39. The summed E-state index contributed by atoms with van der Waals surface area (Å²) < 4.78 is 4.94. The molecule has 1 unspecified atom stereocenters. The van der Waals surface area contributed by atoms with E-state index >= 15 is 0 Å². The lowest BCUT2D eigenvalue weighted by Gasteiger charge is -2.18. The maximum absolute atomic E-state index is 10.7. The Morgan fingerprint density at radius 1 is 1.91 bits per heavy atom. The molecular formula is C7H9NO2S. The zero-order valence-electron chi connectivity index (χ0n) is 6.19. The third-order valence-electron chi connectivity index (χ3n) is 1.21. The van der Waals surface area contributed by atoms with E-state index in [9.17, 15) is 4.79 Å². The van der Waals surface area contributed by atoms with Crippen LogP contribution in [0.15, 0.2) is 24.3 Å². The molecule has 1 rings (SSSR count).